The van der Waals surface area contributed by atoms with Crippen molar-refractivity contribution in [3.05, 3.63) is 72.6 Å². The standard InChI is InChI=1S/C40H56N2O4/c1-27-9-13-33-32(31(27)14-11-29-17-23-45-25-29)7-5-8-34(33)37(43)41-21-22-42-38(44)40(4)20-6-19-39(3)35(28(2)10-16-36(39)40)15-12-30-18-24-46-26-30/h17-18,23-26,31-36H,1-2,5-16,19-22H2,3-4H3,(H,41,43)(H,42,44)/t31-,32+,33-,34+,35+,36-,39-,40+/m1/s1. The molecule has 0 saturated heterocycles. The largest absolute Gasteiger partial charge is 0.472 e. The SMILES string of the molecule is C=C1CC[C@@H]2[C@@H](CCC[C@@H]2C(=O)NCCNC(=O)[C@@]2(C)CCC[C@@]3(C)[C@H]2CCC(=C)[C@@H]3CCc2ccoc2)[C@@H]1CCc1ccoc1. The molecule has 6 nitrogen and oxygen atoms in total. The summed E-state index contributed by atoms with van der Waals surface area (Å²) >= 11 is 0. The Morgan fingerprint density at radius 1 is 0.826 bits per heavy atom. The number of allylic oxidation sites excluding steroid dienone is 2. The van der Waals surface area contributed by atoms with Gasteiger partial charge < -0.3 is 19.5 Å². The Kier molecular flexibility index (Phi) is 10.0. The summed E-state index contributed by atoms with van der Waals surface area (Å²) in [4.78, 5) is 27.5. The molecular formula is C40H56N2O4. The van der Waals surface area contributed by atoms with E-state index in [1.807, 2.05) is 12.5 Å². The number of fused-ring (bicyclic) bond motifs is 2. The van der Waals surface area contributed by atoms with Crippen molar-refractivity contribution in [2.24, 2.45) is 46.3 Å². The van der Waals surface area contributed by atoms with Crippen LogP contribution >= 0.6 is 0 Å². The van der Waals surface area contributed by atoms with Crippen LogP contribution in [0, 0.1) is 46.3 Å². The van der Waals surface area contributed by atoms with E-state index in [1.54, 1.807) is 12.5 Å². The van der Waals surface area contributed by atoms with Gasteiger partial charge in [-0.25, -0.2) is 0 Å². The first-order valence-electron chi connectivity index (χ1n) is 18.1. The number of furan rings is 2. The second-order valence-corrected chi connectivity index (χ2v) is 15.6. The molecule has 8 atom stereocenters. The summed E-state index contributed by atoms with van der Waals surface area (Å²) in [7, 11) is 0. The number of carbonyl (C=O) groups excluding carboxylic acids is 2. The van der Waals surface area contributed by atoms with Crippen LogP contribution in [0.1, 0.15) is 102 Å². The van der Waals surface area contributed by atoms with Crippen LogP contribution in [-0.2, 0) is 22.4 Å². The highest BCUT2D eigenvalue weighted by atomic mass is 16.3. The molecule has 4 aliphatic rings. The van der Waals surface area contributed by atoms with Crippen LogP contribution in [0.15, 0.2) is 70.3 Å². The van der Waals surface area contributed by atoms with E-state index in [-0.39, 0.29) is 23.1 Å². The van der Waals surface area contributed by atoms with Crippen LogP contribution < -0.4 is 10.6 Å². The van der Waals surface area contributed by atoms with E-state index in [9.17, 15) is 9.59 Å². The molecule has 6 heteroatoms. The molecule has 2 amide bonds. The van der Waals surface area contributed by atoms with Gasteiger partial charge in [0, 0.05) is 24.4 Å². The van der Waals surface area contributed by atoms with E-state index >= 15 is 0 Å². The van der Waals surface area contributed by atoms with Crippen molar-refractivity contribution >= 4 is 11.8 Å². The van der Waals surface area contributed by atoms with Gasteiger partial charge >= 0.3 is 0 Å². The molecule has 2 aromatic heterocycles. The van der Waals surface area contributed by atoms with Gasteiger partial charge in [-0.15, -0.1) is 0 Å². The van der Waals surface area contributed by atoms with Crippen LogP contribution in [0.4, 0.5) is 0 Å². The maximum atomic E-state index is 13.9. The predicted octanol–water partition coefficient (Wildman–Crippen LogP) is 8.45. The van der Waals surface area contributed by atoms with Gasteiger partial charge in [0.15, 0.2) is 0 Å². The second-order valence-electron chi connectivity index (χ2n) is 15.6. The average molecular weight is 629 g/mol. The van der Waals surface area contributed by atoms with Gasteiger partial charge in [0.1, 0.15) is 0 Å². The number of carbonyl (C=O) groups is 2. The van der Waals surface area contributed by atoms with Gasteiger partial charge in [0.2, 0.25) is 11.8 Å². The quantitative estimate of drug-likeness (QED) is 0.193. The third-order valence-corrected chi connectivity index (χ3v) is 13.2. The third kappa shape index (κ3) is 6.55. The molecule has 2 heterocycles. The molecule has 46 heavy (non-hydrogen) atoms. The van der Waals surface area contributed by atoms with Gasteiger partial charge in [0.05, 0.1) is 25.1 Å². The zero-order valence-electron chi connectivity index (χ0n) is 28.3. The highest BCUT2D eigenvalue weighted by Crippen LogP contribution is 2.62. The van der Waals surface area contributed by atoms with Crippen molar-refractivity contribution in [2.75, 3.05) is 13.1 Å². The summed E-state index contributed by atoms with van der Waals surface area (Å²) in [5.41, 5.74) is 4.86. The van der Waals surface area contributed by atoms with E-state index in [0.29, 0.717) is 42.7 Å². The molecule has 0 spiro atoms. The monoisotopic (exact) mass is 628 g/mol. The molecule has 6 rings (SSSR count). The molecule has 250 valence electrons. The summed E-state index contributed by atoms with van der Waals surface area (Å²) in [5, 5.41) is 6.51. The van der Waals surface area contributed by atoms with E-state index in [4.69, 9.17) is 8.83 Å². The lowest BCUT2D eigenvalue weighted by Gasteiger charge is -2.58. The fraction of sp³-hybridized carbons (Fsp3) is 0.650. The average Bonchev–Trinajstić information content (AvgIpc) is 3.76. The van der Waals surface area contributed by atoms with Crippen molar-refractivity contribution < 1.29 is 18.4 Å². The van der Waals surface area contributed by atoms with Crippen LogP contribution in [0.2, 0.25) is 0 Å². The number of aryl methyl sites for hydroxylation is 2. The lowest BCUT2D eigenvalue weighted by atomic mass is 9.46. The van der Waals surface area contributed by atoms with Crippen LogP contribution in [-0.4, -0.2) is 24.9 Å². The molecule has 2 N–H and O–H groups in total. The van der Waals surface area contributed by atoms with Gasteiger partial charge in [-0.2, -0.15) is 0 Å². The van der Waals surface area contributed by atoms with Crippen LogP contribution in [0.25, 0.3) is 0 Å². The highest BCUT2D eigenvalue weighted by Gasteiger charge is 2.57. The van der Waals surface area contributed by atoms with Gasteiger partial charge in [-0.1, -0.05) is 51.0 Å². The maximum absolute atomic E-state index is 13.9. The summed E-state index contributed by atoms with van der Waals surface area (Å²) in [6, 6.07) is 4.11. The van der Waals surface area contributed by atoms with Crippen LogP contribution in [0.5, 0.6) is 0 Å². The topological polar surface area (TPSA) is 84.5 Å². The molecular weight excluding hydrogens is 572 g/mol. The number of nitrogens with one attached hydrogen (secondary N) is 2. The second kappa shape index (κ2) is 14.0. The Labute approximate surface area is 276 Å². The summed E-state index contributed by atoms with van der Waals surface area (Å²) in [5.74, 6) is 2.56. The van der Waals surface area contributed by atoms with Gasteiger partial charge in [-0.3, -0.25) is 9.59 Å². The molecule has 2 aromatic rings. The molecule has 0 aliphatic heterocycles. The highest BCUT2D eigenvalue weighted by molar-refractivity contribution is 5.83. The fourth-order valence-corrected chi connectivity index (χ4v) is 10.8. The number of hydrogen-bond donors (Lipinski definition) is 2. The van der Waals surface area contributed by atoms with Crippen molar-refractivity contribution in [1.29, 1.82) is 0 Å². The molecule has 0 bridgehead atoms. The molecule has 4 fully saturated rings. The number of hydrogen-bond acceptors (Lipinski definition) is 4. The Balaban J connectivity index is 1.01. The van der Waals surface area contributed by atoms with Crippen molar-refractivity contribution in [2.45, 2.75) is 104 Å². The maximum Gasteiger partial charge on any atom is 0.226 e. The number of rotatable bonds is 11. The fourth-order valence-electron chi connectivity index (χ4n) is 10.8. The minimum Gasteiger partial charge on any atom is -0.472 e. The summed E-state index contributed by atoms with van der Waals surface area (Å²) < 4.78 is 10.6. The van der Waals surface area contributed by atoms with Gasteiger partial charge in [-0.05, 0) is 135 Å². The predicted molar refractivity (Wildman–Crippen MR) is 182 cm³/mol. The molecule has 0 aromatic carbocycles. The van der Waals surface area contributed by atoms with Crippen LogP contribution in [0.3, 0.4) is 0 Å². The molecule has 0 radical (unpaired) electrons. The zero-order chi connectivity index (χ0) is 32.3. The molecule has 0 unspecified atom stereocenters. The Morgan fingerprint density at radius 2 is 1.52 bits per heavy atom. The Morgan fingerprint density at radius 3 is 2.24 bits per heavy atom. The van der Waals surface area contributed by atoms with E-state index in [1.165, 1.54) is 28.7 Å². The normalized spacial score (nSPS) is 34.4. The van der Waals surface area contributed by atoms with Crippen molar-refractivity contribution in [3.8, 4) is 0 Å². The minimum absolute atomic E-state index is 0.0601. The van der Waals surface area contributed by atoms with E-state index in [0.717, 1.165) is 83.5 Å². The lowest BCUT2D eigenvalue weighted by molar-refractivity contribution is -0.146. The smallest absolute Gasteiger partial charge is 0.226 e. The van der Waals surface area contributed by atoms with E-state index in [2.05, 4.69) is 49.8 Å². The van der Waals surface area contributed by atoms with Crippen molar-refractivity contribution in [1.82, 2.24) is 10.6 Å². The zero-order valence-corrected chi connectivity index (χ0v) is 28.3. The Hall–Kier alpha value is -3.02. The van der Waals surface area contributed by atoms with Gasteiger partial charge in [0.25, 0.3) is 0 Å². The molecule has 4 aliphatic carbocycles. The third-order valence-electron chi connectivity index (χ3n) is 13.2. The Bertz CT molecular complexity index is 1360. The van der Waals surface area contributed by atoms with E-state index < -0.39 is 5.41 Å². The lowest BCUT2D eigenvalue weighted by Crippen LogP contribution is -2.56. The first kappa shape index (κ1) is 32.9. The van der Waals surface area contributed by atoms with Crippen molar-refractivity contribution in [3.63, 3.8) is 0 Å². The summed E-state index contributed by atoms with van der Waals surface area (Å²) in [6.07, 6.45) is 21.8. The first-order valence-corrected chi connectivity index (χ1v) is 18.1. The molecule has 4 saturated carbocycles. The minimum atomic E-state index is -0.405. The summed E-state index contributed by atoms with van der Waals surface area (Å²) in [6.45, 7) is 14.6. The number of amides is 2. The first-order chi connectivity index (χ1) is 22.2.